The van der Waals surface area contributed by atoms with Gasteiger partial charge >= 0.3 is 0 Å². The van der Waals surface area contributed by atoms with Crippen molar-refractivity contribution in [1.82, 2.24) is 0 Å². The summed E-state index contributed by atoms with van der Waals surface area (Å²) in [6.07, 6.45) is 1.58. The zero-order valence-electron chi connectivity index (χ0n) is 5.26. The van der Waals surface area contributed by atoms with E-state index >= 15 is 0 Å². The first-order valence-corrected chi connectivity index (χ1v) is 2.61. The molecule has 0 fully saturated rings. The molecule has 0 spiro atoms. The summed E-state index contributed by atoms with van der Waals surface area (Å²) in [5.41, 5.74) is 0. The Kier molecular flexibility index (Phi) is 1.58. The fourth-order valence-electron chi connectivity index (χ4n) is 0.538. The van der Waals surface area contributed by atoms with Crippen LogP contribution in [0.15, 0.2) is 29.4 Å². The van der Waals surface area contributed by atoms with Crippen molar-refractivity contribution in [3.05, 3.63) is 30.7 Å². The molecule has 1 aromatic heterocycles. The fourth-order valence-corrected chi connectivity index (χ4v) is 0.538. The highest BCUT2D eigenvalue weighted by Gasteiger charge is 1.97. The average Bonchev–Trinajstić information content (AvgIpc) is 2.37. The third-order valence-electron chi connectivity index (χ3n) is 1.04. The van der Waals surface area contributed by atoms with Crippen LogP contribution in [0.5, 0.6) is 0 Å². The minimum Gasteiger partial charge on any atom is -0.493 e. The molecule has 2 nitrogen and oxygen atoms in total. The molecular formula is C7H8O2. The van der Waals surface area contributed by atoms with Crippen LogP contribution in [-0.4, -0.2) is 7.11 Å². The number of methoxy groups -OCH3 is 1. The van der Waals surface area contributed by atoms with E-state index in [1.54, 1.807) is 25.5 Å². The zero-order chi connectivity index (χ0) is 6.69. The van der Waals surface area contributed by atoms with Crippen LogP contribution in [0.25, 0.3) is 5.76 Å². The van der Waals surface area contributed by atoms with E-state index in [1.807, 2.05) is 0 Å². The van der Waals surface area contributed by atoms with Gasteiger partial charge in [-0.05, 0) is 12.1 Å². The van der Waals surface area contributed by atoms with Gasteiger partial charge in [0.2, 0.25) is 0 Å². The van der Waals surface area contributed by atoms with Crippen LogP contribution in [-0.2, 0) is 4.74 Å². The molecular weight excluding hydrogens is 116 g/mol. The molecule has 0 N–H and O–H groups in total. The van der Waals surface area contributed by atoms with Gasteiger partial charge in [-0.1, -0.05) is 6.58 Å². The van der Waals surface area contributed by atoms with Crippen LogP contribution in [0.4, 0.5) is 0 Å². The van der Waals surface area contributed by atoms with E-state index in [0.717, 1.165) is 0 Å². The molecule has 1 aromatic rings. The van der Waals surface area contributed by atoms with Crippen LogP contribution in [0, 0.1) is 0 Å². The number of furan rings is 1. The minimum absolute atomic E-state index is 0.556. The molecule has 0 aromatic carbocycles. The lowest BCUT2D eigenvalue weighted by molar-refractivity contribution is 0.353. The molecule has 48 valence electrons. The molecule has 9 heavy (non-hydrogen) atoms. The van der Waals surface area contributed by atoms with Gasteiger partial charge in [0.15, 0.2) is 11.5 Å². The molecule has 0 bridgehead atoms. The summed E-state index contributed by atoms with van der Waals surface area (Å²) < 4.78 is 9.77. The minimum atomic E-state index is 0.556. The maximum atomic E-state index is 4.96. The largest absolute Gasteiger partial charge is 0.493 e. The van der Waals surface area contributed by atoms with Crippen molar-refractivity contribution in [2.75, 3.05) is 7.11 Å². The van der Waals surface area contributed by atoms with Crippen molar-refractivity contribution < 1.29 is 9.15 Å². The third-order valence-corrected chi connectivity index (χ3v) is 1.04. The van der Waals surface area contributed by atoms with E-state index in [9.17, 15) is 0 Å². The Balaban J connectivity index is 2.77. The standard InChI is InChI=1S/C7H8O2/c1-6(8-2)7-4-3-5-9-7/h3-5H,1H2,2H3. The van der Waals surface area contributed by atoms with E-state index in [1.165, 1.54) is 0 Å². The molecule has 0 aliphatic heterocycles. The summed E-state index contributed by atoms with van der Waals surface area (Å²) in [4.78, 5) is 0. The Morgan fingerprint density at radius 2 is 2.56 bits per heavy atom. The van der Waals surface area contributed by atoms with Gasteiger partial charge in [-0.25, -0.2) is 0 Å². The highest BCUT2D eigenvalue weighted by atomic mass is 16.5. The Morgan fingerprint density at radius 1 is 1.78 bits per heavy atom. The van der Waals surface area contributed by atoms with E-state index in [2.05, 4.69) is 6.58 Å². The van der Waals surface area contributed by atoms with E-state index < -0.39 is 0 Å². The van der Waals surface area contributed by atoms with Crippen molar-refractivity contribution in [3.8, 4) is 0 Å². The number of ether oxygens (including phenoxy) is 1. The van der Waals surface area contributed by atoms with Crippen LogP contribution >= 0.6 is 0 Å². The van der Waals surface area contributed by atoms with Crippen LogP contribution in [0.2, 0.25) is 0 Å². The van der Waals surface area contributed by atoms with E-state index in [-0.39, 0.29) is 0 Å². The molecule has 0 radical (unpaired) electrons. The lowest BCUT2D eigenvalue weighted by atomic mass is 10.4. The highest BCUT2D eigenvalue weighted by Crippen LogP contribution is 2.11. The van der Waals surface area contributed by atoms with Gasteiger partial charge in [-0.15, -0.1) is 0 Å². The Morgan fingerprint density at radius 3 is 3.00 bits per heavy atom. The predicted octanol–water partition coefficient (Wildman–Crippen LogP) is 1.90. The molecule has 1 rings (SSSR count). The van der Waals surface area contributed by atoms with Gasteiger partial charge in [-0.3, -0.25) is 0 Å². The second-order valence-electron chi connectivity index (χ2n) is 1.60. The molecule has 0 atom stereocenters. The summed E-state index contributed by atoms with van der Waals surface area (Å²) in [6.45, 7) is 3.60. The van der Waals surface area contributed by atoms with Crippen molar-refractivity contribution in [2.24, 2.45) is 0 Å². The van der Waals surface area contributed by atoms with Gasteiger partial charge in [-0.2, -0.15) is 0 Å². The molecule has 2 heteroatoms. The fraction of sp³-hybridized carbons (Fsp3) is 0.143. The molecule has 0 amide bonds. The van der Waals surface area contributed by atoms with Gasteiger partial charge < -0.3 is 9.15 Å². The first kappa shape index (κ1) is 5.95. The van der Waals surface area contributed by atoms with E-state index in [0.29, 0.717) is 11.5 Å². The SMILES string of the molecule is C=C(OC)c1ccco1. The maximum absolute atomic E-state index is 4.96. The van der Waals surface area contributed by atoms with E-state index in [4.69, 9.17) is 9.15 Å². The first-order chi connectivity index (χ1) is 4.34. The van der Waals surface area contributed by atoms with Gasteiger partial charge in [0.25, 0.3) is 0 Å². The molecule has 0 saturated carbocycles. The smallest absolute Gasteiger partial charge is 0.167 e. The van der Waals surface area contributed by atoms with Crippen molar-refractivity contribution >= 4 is 5.76 Å². The molecule has 0 aliphatic carbocycles. The van der Waals surface area contributed by atoms with Crippen molar-refractivity contribution in [1.29, 1.82) is 0 Å². The lowest BCUT2D eigenvalue weighted by Crippen LogP contribution is -1.79. The van der Waals surface area contributed by atoms with Gasteiger partial charge in [0, 0.05) is 0 Å². The molecule has 0 saturated heterocycles. The molecule has 0 aliphatic rings. The van der Waals surface area contributed by atoms with Crippen molar-refractivity contribution in [3.63, 3.8) is 0 Å². The lowest BCUT2D eigenvalue weighted by Gasteiger charge is -1.96. The normalized spacial score (nSPS) is 9.00. The van der Waals surface area contributed by atoms with Crippen LogP contribution in [0.3, 0.4) is 0 Å². The van der Waals surface area contributed by atoms with Crippen LogP contribution in [0.1, 0.15) is 5.76 Å². The first-order valence-electron chi connectivity index (χ1n) is 2.61. The van der Waals surface area contributed by atoms with Crippen LogP contribution < -0.4 is 0 Å². The van der Waals surface area contributed by atoms with Gasteiger partial charge in [0.1, 0.15) is 0 Å². The summed E-state index contributed by atoms with van der Waals surface area (Å²) in [6, 6.07) is 3.59. The number of hydrogen-bond acceptors (Lipinski definition) is 2. The second kappa shape index (κ2) is 2.40. The topological polar surface area (TPSA) is 22.4 Å². The quantitative estimate of drug-likeness (QED) is 0.562. The monoisotopic (exact) mass is 124 g/mol. The molecule has 0 unspecified atom stereocenters. The predicted molar refractivity (Wildman–Crippen MR) is 34.8 cm³/mol. The summed E-state index contributed by atoms with van der Waals surface area (Å²) >= 11 is 0. The second-order valence-corrected chi connectivity index (χ2v) is 1.60. The highest BCUT2D eigenvalue weighted by molar-refractivity contribution is 5.50. The Labute approximate surface area is 53.7 Å². The zero-order valence-corrected chi connectivity index (χ0v) is 5.26. The number of hydrogen-bond donors (Lipinski definition) is 0. The number of rotatable bonds is 2. The summed E-state index contributed by atoms with van der Waals surface area (Å²) in [5.74, 6) is 1.23. The molecule has 1 heterocycles. The Bertz CT molecular complexity index is 187. The summed E-state index contributed by atoms with van der Waals surface area (Å²) in [7, 11) is 1.56. The Hall–Kier alpha value is -1.18. The summed E-state index contributed by atoms with van der Waals surface area (Å²) in [5, 5.41) is 0. The van der Waals surface area contributed by atoms with Crippen molar-refractivity contribution in [2.45, 2.75) is 0 Å². The third kappa shape index (κ3) is 1.13. The van der Waals surface area contributed by atoms with Gasteiger partial charge in [0.05, 0.1) is 13.4 Å². The maximum Gasteiger partial charge on any atom is 0.167 e. The average molecular weight is 124 g/mol.